The summed E-state index contributed by atoms with van der Waals surface area (Å²) in [5.41, 5.74) is 2.00. The molecule has 4 amide bonds. The van der Waals surface area contributed by atoms with Crippen LogP contribution in [0.2, 0.25) is 0 Å². The average Bonchev–Trinajstić information content (AvgIpc) is 3.20. The van der Waals surface area contributed by atoms with Gasteiger partial charge in [-0.3, -0.25) is 9.59 Å². The number of likely N-dealkylation sites (tertiary alicyclic amines) is 1. The van der Waals surface area contributed by atoms with Crippen LogP contribution in [0.1, 0.15) is 18.4 Å². The van der Waals surface area contributed by atoms with Gasteiger partial charge in [0.15, 0.2) is 0 Å². The highest BCUT2D eigenvalue weighted by Crippen LogP contribution is 2.22. The van der Waals surface area contributed by atoms with Crippen LogP contribution in [0.4, 0.5) is 16.2 Å². The van der Waals surface area contributed by atoms with Crippen LogP contribution in [0, 0.1) is 0 Å². The Morgan fingerprint density at radius 2 is 1.71 bits per heavy atom. The molecule has 0 radical (unpaired) electrons. The standard InChI is InChI=1S/C21H24N4O3/c1-22-19(26)14-15-8-5-6-11-17(15)24-21(28)25-13-7-12-18(25)20(27)23-16-9-3-2-4-10-16/h2-6,8-11,18H,7,12-14H2,1H3,(H,22,26)(H,23,27)(H,24,28)/t18-/m1/s1. The molecule has 1 saturated heterocycles. The van der Waals surface area contributed by atoms with Crippen molar-refractivity contribution in [2.45, 2.75) is 25.3 Å². The largest absolute Gasteiger partial charge is 0.359 e. The molecule has 0 aromatic heterocycles. The molecule has 1 atom stereocenters. The van der Waals surface area contributed by atoms with E-state index in [0.717, 1.165) is 12.0 Å². The Balaban J connectivity index is 1.68. The molecule has 1 aliphatic rings. The number of hydrogen-bond donors (Lipinski definition) is 3. The second-order valence-corrected chi connectivity index (χ2v) is 6.64. The second kappa shape index (κ2) is 9.03. The van der Waals surface area contributed by atoms with Gasteiger partial charge in [-0.1, -0.05) is 36.4 Å². The molecule has 0 aliphatic carbocycles. The van der Waals surface area contributed by atoms with Gasteiger partial charge in [0.25, 0.3) is 0 Å². The highest BCUT2D eigenvalue weighted by Gasteiger charge is 2.34. The van der Waals surface area contributed by atoms with Crippen LogP contribution in [0.5, 0.6) is 0 Å². The Bertz CT molecular complexity index is 854. The minimum Gasteiger partial charge on any atom is -0.359 e. The van der Waals surface area contributed by atoms with Crippen LogP contribution in [0.3, 0.4) is 0 Å². The van der Waals surface area contributed by atoms with Gasteiger partial charge in [0.05, 0.1) is 6.42 Å². The summed E-state index contributed by atoms with van der Waals surface area (Å²) in [6, 6.07) is 15.5. The Labute approximate surface area is 164 Å². The van der Waals surface area contributed by atoms with Crippen molar-refractivity contribution in [3.8, 4) is 0 Å². The summed E-state index contributed by atoms with van der Waals surface area (Å²) in [6.45, 7) is 0.510. The zero-order chi connectivity index (χ0) is 19.9. The van der Waals surface area contributed by atoms with Crippen molar-refractivity contribution in [1.82, 2.24) is 10.2 Å². The van der Waals surface area contributed by atoms with Crippen LogP contribution >= 0.6 is 0 Å². The van der Waals surface area contributed by atoms with Crippen molar-refractivity contribution < 1.29 is 14.4 Å². The van der Waals surface area contributed by atoms with Gasteiger partial charge in [-0.15, -0.1) is 0 Å². The fraction of sp³-hybridized carbons (Fsp3) is 0.286. The van der Waals surface area contributed by atoms with Gasteiger partial charge in [0.1, 0.15) is 6.04 Å². The molecule has 7 heteroatoms. The number of carbonyl (C=O) groups excluding carboxylic acids is 3. The van der Waals surface area contributed by atoms with E-state index in [0.29, 0.717) is 24.3 Å². The van der Waals surface area contributed by atoms with Crippen molar-refractivity contribution in [3.63, 3.8) is 0 Å². The van der Waals surface area contributed by atoms with E-state index in [-0.39, 0.29) is 24.3 Å². The van der Waals surface area contributed by atoms with E-state index >= 15 is 0 Å². The summed E-state index contributed by atoms with van der Waals surface area (Å²) in [5, 5.41) is 8.30. The summed E-state index contributed by atoms with van der Waals surface area (Å²) in [5.74, 6) is -0.333. The number of anilines is 2. The molecule has 146 valence electrons. The third-order valence-electron chi connectivity index (χ3n) is 4.75. The zero-order valence-electron chi connectivity index (χ0n) is 15.8. The number of nitrogens with zero attached hydrogens (tertiary/aromatic N) is 1. The average molecular weight is 380 g/mol. The van der Waals surface area contributed by atoms with E-state index in [2.05, 4.69) is 16.0 Å². The molecule has 0 saturated carbocycles. The third-order valence-corrected chi connectivity index (χ3v) is 4.75. The van der Waals surface area contributed by atoms with Gasteiger partial charge in [-0.2, -0.15) is 0 Å². The number of benzene rings is 2. The molecule has 2 aromatic rings. The van der Waals surface area contributed by atoms with Crippen LogP contribution in [0.15, 0.2) is 54.6 Å². The molecular weight excluding hydrogens is 356 g/mol. The Kier molecular flexibility index (Phi) is 6.26. The molecule has 0 spiro atoms. The molecule has 1 aliphatic heterocycles. The van der Waals surface area contributed by atoms with Gasteiger partial charge in [0.2, 0.25) is 11.8 Å². The van der Waals surface area contributed by atoms with Crippen LogP contribution < -0.4 is 16.0 Å². The lowest BCUT2D eigenvalue weighted by Crippen LogP contribution is -2.45. The second-order valence-electron chi connectivity index (χ2n) is 6.64. The van der Waals surface area contributed by atoms with Crippen molar-refractivity contribution in [2.24, 2.45) is 0 Å². The van der Waals surface area contributed by atoms with Gasteiger partial charge in [-0.25, -0.2) is 4.79 Å². The van der Waals surface area contributed by atoms with Gasteiger partial charge in [0, 0.05) is 25.0 Å². The SMILES string of the molecule is CNC(=O)Cc1ccccc1NC(=O)N1CCC[C@@H]1C(=O)Nc1ccccc1. The lowest BCUT2D eigenvalue weighted by molar-refractivity contribution is -0.120. The fourth-order valence-corrected chi connectivity index (χ4v) is 3.27. The smallest absolute Gasteiger partial charge is 0.322 e. The minimum absolute atomic E-state index is 0.136. The summed E-state index contributed by atoms with van der Waals surface area (Å²) in [6.07, 6.45) is 1.55. The predicted molar refractivity (Wildman–Crippen MR) is 108 cm³/mol. The fourth-order valence-electron chi connectivity index (χ4n) is 3.27. The molecule has 1 fully saturated rings. The van der Waals surface area contributed by atoms with Crippen molar-refractivity contribution >= 4 is 29.2 Å². The quantitative estimate of drug-likeness (QED) is 0.745. The first-order valence-corrected chi connectivity index (χ1v) is 9.30. The van der Waals surface area contributed by atoms with Gasteiger partial charge < -0.3 is 20.9 Å². The van der Waals surface area contributed by atoms with Crippen molar-refractivity contribution in [2.75, 3.05) is 24.2 Å². The molecular formula is C21H24N4O3. The predicted octanol–water partition coefficient (Wildman–Crippen LogP) is 2.61. The molecule has 0 unspecified atom stereocenters. The first-order valence-electron chi connectivity index (χ1n) is 9.30. The lowest BCUT2D eigenvalue weighted by atomic mass is 10.1. The Morgan fingerprint density at radius 1 is 1.00 bits per heavy atom. The van der Waals surface area contributed by atoms with Crippen LogP contribution in [0.25, 0.3) is 0 Å². The molecule has 3 N–H and O–H groups in total. The first kappa shape index (κ1) is 19.4. The van der Waals surface area contributed by atoms with E-state index in [1.54, 1.807) is 30.1 Å². The highest BCUT2D eigenvalue weighted by atomic mass is 16.2. The van der Waals surface area contributed by atoms with Crippen LogP contribution in [-0.4, -0.2) is 42.4 Å². The van der Waals surface area contributed by atoms with Crippen LogP contribution in [-0.2, 0) is 16.0 Å². The monoisotopic (exact) mass is 380 g/mol. The number of urea groups is 1. The number of rotatable bonds is 5. The number of nitrogens with one attached hydrogen (secondary N) is 3. The van der Waals surface area contributed by atoms with E-state index in [4.69, 9.17) is 0 Å². The van der Waals surface area contributed by atoms with E-state index < -0.39 is 6.04 Å². The Morgan fingerprint density at radius 3 is 2.46 bits per heavy atom. The van der Waals surface area contributed by atoms with Crippen molar-refractivity contribution in [1.29, 1.82) is 0 Å². The highest BCUT2D eigenvalue weighted by molar-refractivity contribution is 6.00. The molecule has 0 bridgehead atoms. The summed E-state index contributed by atoms with van der Waals surface area (Å²) in [7, 11) is 1.57. The summed E-state index contributed by atoms with van der Waals surface area (Å²) < 4.78 is 0. The normalized spacial score (nSPS) is 15.8. The molecule has 2 aromatic carbocycles. The number of hydrogen-bond acceptors (Lipinski definition) is 3. The maximum atomic E-state index is 12.8. The van der Waals surface area contributed by atoms with E-state index in [9.17, 15) is 14.4 Å². The van der Waals surface area contributed by atoms with Gasteiger partial charge in [-0.05, 0) is 36.6 Å². The van der Waals surface area contributed by atoms with E-state index in [1.165, 1.54) is 0 Å². The maximum absolute atomic E-state index is 12.8. The molecule has 7 nitrogen and oxygen atoms in total. The topological polar surface area (TPSA) is 90.5 Å². The molecule has 1 heterocycles. The first-order chi connectivity index (χ1) is 13.6. The Hall–Kier alpha value is -3.35. The summed E-state index contributed by atoms with van der Waals surface area (Å²) >= 11 is 0. The number of likely N-dealkylation sites (N-methyl/N-ethyl adjacent to an activating group) is 1. The summed E-state index contributed by atoms with van der Waals surface area (Å²) in [4.78, 5) is 38.7. The van der Waals surface area contributed by atoms with E-state index in [1.807, 2.05) is 36.4 Å². The lowest BCUT2D eigenvalue weighted by Gasteiger charge is -2.25. The zero-order valence-corrected chi connectivity index (χ0v) is 15.8. The van der Waals surface area contributed by atoms with Gasteiger partial charge >= 0.3 is 6.03 Å². The number of amides is 4. The minimum atomic E-state index is -0.522. The van der Waals surface area contributed by atoms with Crippen molar-refractivity contribution in [3.05, 3.63) is 60.2 Å². The molecule has 28 heavy (non-hydrogen) atoms. The maximum Gasteiger partial charge on any atom is 0.322 e. The number of para-hydroxylation sites is 2. The third kappa shape index (κ3) is 4.68. The number of carbonyl (C=O) groups is 3. The molecule has 3 rings (SSSR count).